The van der Waals surface area contributed by atoms with Crippen LogP contribution < -0.4 is 10.2 Å². The van der Waals surface area contributed by atoms with Gasteiger partial charge >= 0.3 is 6.18 Å². The van der Waals surface area contributed by atoms with Crippen LogP contribution in [0, 0.1) is 5.92 Å². The number of alkyl halides is 3. The van der Waals surface area contributed by atoms with Crippen LogP contribution in [0.4, 0.5) is 19.1 Å². The molecule has 3 aromatic rings. The van der Waals surface area contributed by atoms with Gasteiger partial charge in [0.05, 0.1) is 16.6 Å². The van der Waals surface area contributed by atoms with E-state index in [-0.39, 0.29) is 29.7 Å². The molecule has 5 rings (SSSR count). The number of imidazole rings is 1. The number of nitrogens with one attached hydrogen (secondary N) is 2. The summed E-state index contributed by atoms with van der Waals surface area (Å²) >= 11 is 0. The maximum atomic E-state index is 12.7. The number of rotatable bonds is 5. The number of halogens is 3. The molecule has 162 valence electrons. The van der Waals surface area contributed by atoms with Crippen LogP contribution >= 0.6 is 0 Å². The molecular formula is C21H21F3N6O. The molecule has 1 saturated heterocycles. The highest BCUT2D eigenvalue weighted by atomic mass is 19.4. The molecule has 0 spiro atoms. The molecule has 2 aromatic heterocycles. The Morgan fingerprint density at radius 3 is 2.74 bits per heavy atom. The number of amides is 1. The van der Waals surface area contributed by atoms with E-state index in [1.54, 1.807) is 4.90 Å². The van der Waals surface area contributed by atoms with Crippen LogP contribution in [0.3, 0.4) is 0 Å². The lowest BCUT2D eigenvalue weighted by molar-refractivity contribution is -0.138. The summed E-state index contributed by atoms with van der Waals surface area (Å²) < 4.78 is 38.0. The van der Waals surface area contributed by atoms with E-state index >= 15 is 0 Å². The Balaban J connectivity index is 1.12. The molecule has 1 saturated carbocycles. The largest absolute Gasteiger partial charge is 0.419 e. The Morgan fingerprint density at radius 2 is 2.00 bits per heavy atom. The third kappa shape index (κ3) is 4.19. The Kier molecular flexibility index (Phi) is 4.79. The molecule has 10 heteroatoms. The molecular weight excluding hydrogens is 409 g/mol. The predicted octanol–water partition coefficient (Wildman–Crippen LogP) is 3.26. The van der Waals surface area contributed by atoms with Crippen molar-refractivity contribution in [2.45, 2.75) is 37.4 Å². The van der Waals surface area contributed by atoms with Gasteiger partial charge in [0.25, 0.3) is 0 Å². The zero-order chi connectivity index (χ0) is 21.6. The van der Waals surface area contributed by atoms with Crippen molar-refractivity contribution in [3.05, 3.63) is 48.0 Å². The van der Waals surface area contributed by atoms with Gasteiger partial charge in [0.1, 0.15) is 5.82 Å². The number of hydrogen-bond acceptors (Lipinski definition) is 5. The van der Waals surface area contributed by atoms with Gasteiger partial charge in [0.15, 0.2) is 0 Å². The van der Waals surface area contributed by atoms with Crippen molar-refractivity contribution < 1.29 is 18.0 Å². The first-order valence-corrected chi connectivity index (χ1v) is 10.2. The van der Waals surface area contributed by atoms with Crippen LogP contribution in [-0.4, -0.2) is 45.0 Å². The first-order valence-electron chi connectivity index (χ1n) is 10.2. The molecule has 1 aliphatic carbocycles. The molecule has 2 fully saturated rings. The average molecular weight is 430 g/mol. The number of fused-ring (bicyclic) bond motifs is 1. The van der Waals surface area contributed by atoms with Gasteiger partial charge in [-0.1, -0.05) is 12.1 Å². The number of aromatic nitrogens is 4. The summed E-state index contributed by atoms with van der Waals surface area (Å²) in [5.74, 6) is 1.72. The molecule has 7 nitrogen and oxygen atoms in total. The molecule has 31 heavy (non-hydrogen) atoms. The Labute approximate surface area is 176 Å². The standard InChI is InChI=1S/C21H21F3N6O/c22-21(23,24)13-9-25-20(26-10-13)30-6-5-14(11-30)27-18(31)8-12-7-15(12)19-28-16-3-1-2-4-17(16)29-19/h1-4,9-10,12,14-15H,5-8,11H2,(H,27,31)(H,28,29)/t12-,14+,15-/m0/s1. The van der Waals surface area contributed by atoms with Crippen molar-refractivity contribution in [3.8, 4) is 0 Å². The van der Waals surface area contributed by atoms with E-state index in [2.05, 4.69) is 25.3 Å². The van der Waals surface area contributed by atoms with E-state index in [4.69, 9.17) is 0 Å². The van der Waals surface area contributed by atoms with Crippen LogP contribution in [-0.2, 0) is 11.0 Å². The minimum Gasteiger partial charge on any atom is -0.352 e. The van der Waals surface area contributed by atoms with Crippen LogP contribution in [0.15, 0.2) is 36.7 Å². The van der Waals surface area contributed by atoms with Gasteiger partial charge in [-0.15, -0.1) is 0 Å². The smallest absolute Gasteiger partial charge is 0.352 e. The summed E-state index contributed by atoms with van der Waals surface area (Å²) in [5.41, 5.74) is 1.07. The monoisotopic (exact) mass is 430 g/mol. The third-order valence-corrected chi connectivity index (χ3v) is 5.93. The number of carbonyl (C=O) groups is 1. The molecule has 1 aromatic carbocycles. The van der Waals surface area contributed by atoms with Gasteiger partial charge in [0, 0.05) is 43.9 Å². The number of hydrogen-bond donors (Lipinski definition) is 2. The van der Waals surface area contributed by atoms with Gasteiger partial charge in [-0.05, 0) is 30.9 Å². The van der Waals surface area contributed by atoms with Gasteiger partial charge in [-0.3, -0.25) is 4.79 Å². The topological polar surface area (TPSA) is 86.8 Å². The van der Waals surface area contributed by atoms with E-state index in [1.807, 2.05) is 24.3 Å². The van der Waals surface area contributed by atoms with E-state index in [1.165, 1.54) is 0 Å². The van der Waals surface area contributed by atoms with E-state index < -0.39 is 11.7 Å². The lowest BCUT2D eigenvalue weighted by Crippen LogP contribution is -2.37. The predicted molar refractivity (Wildman–Crippen MR) is 107 cm³/mol. The number of nitrogens with zero attached hydrogens (tertiary/aromatic N) is 4. The average Bonchev–Trinajstić information content (AvgIpc) is 3.14. The highest BCUT2D eigenvalue weighted by molar-refractivity contribution is 5.78. The number of aromatic amines is 1. The molecule has 0 bridgehead atoms. The first-order chi connectivity index (χ1) is 14.9. The fourth-order valence-corrected chi connectivity index (χ4v) is 4.17. The minimum atomic E-state index is -4.46. The number of para-hydroxylation sites is 2. The fraction of sp³-hybridized carbons (Fsp3) is 0.429. The molecule has 2 aliphatic rings. The zero-order valence-electron chi connectivity index (χ0n) is 16.6. The highest BCUT2D eigenvalue weighted by Crippen LogP contribution is 2.48. The first kappa shape index (κ1) is 19.8. The number of anilines is 1. The van der Waals surface area contributed by atoms with Crippen LogP contribution in [0.5, 0.6) is 0 Å². The second-order valence-corrected chi connectivity index (χ2v) is 8.21. The maximum absolute atomic E-state index is 12.7. The fourth-order valence-electron chi connectivity index (χ4n) is 4.17. The molecule has 1 amide bonds. The normalized spacial score (nSPS) is 23.3. The highest BCUT2D eigenvalue weighted by Gasteiger charge is 2.42. The van der Waals surface area contributed by atoms with Crippen molar-refractivity contribution >= 4 is 22.9 Å². The minimum absolute atomic E-state index is 0.0104. The lowest BCUT2D eigenvalue weighted by Gasteiger charge is -2.17. The van der Waals surface area contributed by atoms with E-state index in [0.29, 0.717) is 25.9 Å². The quantitative estimate of drug-likeness (QED) is 0.649. The molecule has 1 aliphatic heterocycles. The molecule has 3 atom stereocenters. The molecule has 0 radical (unpaired) electrons. The summed E-state index contributed by atoms with van der Waals surface area (Å²) in [4.78, 5) is 29.9. The zero-order valence-corrected chi connectivity index (χ0v) is 16.6. The number of benzene rings is 1. The molecule has 0 unspecified atom stereocenters. The van der Waals surface area contributed by atoms with Crippen molar-refractivity contribution in [2.75, 3.05) is 18.0 Å². The van der Waals surface area contributed by atoms with Gasteiger partial charge in [-0.2, -0.15) is 13.2 Å². The Hall–Kier alpha value is -3.17. The van der Waals surface area contributed by atoms with Crippen molar-refractivity contribution in [1.82, 2.24) is 25.3 Å². The SMILES string of the molecule is O=C(C[C@@H]1C[C@@H]1c1nc2ccccc2[nH]1)N[C@@H]1CCN(c2ncc(C(F)(F)F)cn2)C1. The van der Waals surface area contributed by atoms with Gasteiger partial charge in [0.2, 0.25) is 11.9 Å². The van der Waals surface area contributed by atoms with E-state index in [0.717, 1.165) is 35.7 Å². The second kappa shape index (κ2) is 7.51. The van der Waals surface area contributed by atoms with Crippen molar-refractivity contribution in [3.63, 3.8) is 0 Å². The Morgan fingerprint density at radius 1 is 1.23 bits per heavy atom. The van der Waals surface area contributed by atoms with Crippen LogP contribution in [0.1, 0.15) is 36.6 Å². The lowest BCUT2D eigenvalue weighted by atomic mass is 10.2. The molecule has 3 heterocycles. The number of H-pyrrole nitrogens is 1. The summed E-state index contributed by atoms with van der Waals surface area (Å²) in [6.07, 6.45) is -0.797. The van der Waals surface area contributed by atoms with Gasteiger partial charge < -0.3 is 15.2 Å². The number of carbonyl (C=O) groups excluding carboxylic acids is 1. The summed E-state index contributed by atoms with van der Waals surface area (Å²) in [5, 5.41) is 3.04. The second-order valence-electron chi connectivity index (χ2n) is 8.21. The van der Waals surface area contributed by atoms with E-state index in [9.17, 15) is 18.0 Å². The summed E-state index contributed by atoms with van der Waals surface area (Å²) in [6.45, 7) is 1.07. The van der Waals surface area contributed by atoms with Crippen molar-refractivity contribution in [1.29, 1.82) is 0 Å². The maximum Gasteiger partial charge on any atom is 0.419 e. The third-order valence-electron chi connectivity index (χ3n) is 5.93. The van der Waals surface area contributed by atoms with Crippen LogP contribution in [0.25, 0.3) is 11.0 Å². The van der Waals surface area contributed by atoms with Gasteiger partial charge in [-0.25, -0.2) is 15.0 Å². The Bertz CT molecular complexity index is 1060. The summed E-state index contributed by atoms with van der Waals surface area (Å²) in [6, 6.07) is 7.80. The van der Waals surface area contributed by atoms with Crippen LogP contribution in [0.2, 0.25) is 0 Å². The molecule has 2 N–H and O–H groups in total. The van der Waals surface area contributed by atoms with Crippen molar-refractivity contribution in [2.24, 2.45) is 5.92 Å². The summed E-state index contributed by atoms with van der Waals surface area (Å²) in [7, 11) is 0.